The Labute approximate surface area is 114 Å². The maximum atomic E-state index is 13.9. The molecule has 1 N–H and O–H groups in total. The van der Waals surface area contributed by atoms with Gasteiger partial charge in [0.05, 0.1) is 5.56 Å². The summed E-state index contributed by atoms with van der Waals surface area (Å²) in [5.74, 6) is -2.64. The maximum Gasteiger partial charge on any atom is 0.336 e. The molecule has 1 fully saturated rings. The summed E-state index contributed by atoms with van der Waals surface area (Å²) in [4.78, 5) is 15.6. The van der Waals surface area contributed by atoms with Gasteiger partial charge in [-0.15, -0.1) is 0 Å². The van der Waals surface area contributed by atoms with E-state index in [0.29, 0.717) is 5.69 Å². The number of hydrogen-bond donors (Lipinski definition) is 1. The van der Waals surface area contributed by atoms with Crippen LogP contribution < -0.4 is 0 Å². The van der Waals surface area contributed by atoms with Crippen molar-refractivity contribution in [1.82, 2.24) is 4.98 Å². The van der Waals surface area contributed by atoms with Gasteiger partial charge >= 0.3 is 5.97 Å². The van der Waals surface area contributed by atoms with Crippen LogP contribution in [0, 0.1) is 11.6 Å². The Hall–Kier alpha value is -2.04. The van der Waals surface area contributed by atoms with Crippen LogP contribution in [0.2, 0.25) is 0 Å². The normalized spacial score (nSPS) is 15.9. The lowest BCUT2D eigenvalue weighted by Crippen LogP contribution is -2.05. The maximum absolute atomic E-state index is 13.9. The van der Waals surface area contributed by atoms with Crippen molar-refractivity contribution in [2.75, 3.05) is 0 Å². The number of carboxylic acids is 1. The first-order valence-corrected chi connectivity index (χ1v) is 6.59. The molecular formula is C15H13F2NO2. The second-order valence-electron chi connectivity index (χ2n) is 5.16. The van der Waals surface area contributed by atoms with Crippen molar-refractivity contribution in [3.63, 3.8) is 0 Å². The highest BCUT2D eigenvalue weighted by molar-refractivity contribution is 6.02. The fourth-order valence-corrected chi connectivity index (χ4v) is 2.88. The molecule has 3 nitrogen and oxygen atoms in total. The zero-order valence-electron chi connectivity index (χ0n) is 10.7. The first-order valence-electron chi connectivity index (χ1n) is 6.59. The number of aromatic nitrogens is 1. The third kappa shape index (κ3) is 2.13. The molecule has 3 rings (SSSR count). The van der Waals surface area contributed by atoms with E-state index in [1.165, 1.54) is 6.07 Å². The Morgan fingerprint density at radius 2 is 1.90 bits per heavy atom. The Balaban J connectivity index is 2.27. The Kier molecular flexibility index (Phi) is 3.12. The summed E-state index contributed by atoms with van der Waals surface area (Å²) in [5, 5.41) is 9.27. The smallest absolute Gasteiger partial charge is 0.336 e. The minimum absolute atomic E-state index is 0.0109. The number of pyridine rings is 1. The van der Waals surface area contributed by atoms with Crippen LogP contribution in [-0.2, 0) is 0 Å². The molecule has 104 valence electrons. The highest BCUT2D eigenvalue weighted by Crippen LogP contribution is 2.35. The number of nitrogens with zero attached hydrogens (tertiary/aromatic N) is 1. The number of hydrogen-bond acceptors (Lipinski definition) is 2. The average Bonchev–Trinajstić information content (AvgIpc) is 2.91. The monoisotopic (exact) mass is 277 g/mol. The lowest BCUT2D eigenvalue weighted by molar-refractivity contribution is 0.0699. The van der Waals surface area contributed by atoms with Gasteiger partial charge in [0.2, 0.25) is 0 Å². The molecule has 0 bridgehead atoms. The summed E-state index contributed by atoms with van der Waals surface area (Å²) in [5.41, 5.74) is 0.446. The molecule has 5 heteroatoms. The lowest BCUT2D eigenvalue weighted by Gasteiger charge is -2.12. The number of carboxylic acid groups (broad SMARTS) is 1. The van der Waals surface area contributed by atoms with Gasteiger partial charge in [0.25, 0.3) is 0 Å². The van der Waals surface area contributed by atoms with E-state index in [0.717, 1.165) is 37.8 Å². The van der Waals surface area contributed by atoms with Crippen LogP contribution in [0.4, 0.5) is 8.78 Å². The average molecular weight is 277 g/mol. The van der Waals surface area contributed by atoms with Gasteiger partial charge in [-0.05, 0) is 25.0 Å². The van der Waals surface area contributed by atoms with Crippen molar-refractivity contribution >= 4 is 16.9 Å². The van der Waals surface area contributed by atoms with E-state index in [4.69, 9.17) is 0 Å². The largest absolute Gasteiger partial charge is 0.478 e. The molecule has 1 aliphatic rings. The molecular weight excluding hydrogens is 264 g/mol. The van der Waals surface area contributed by atoms with E-state index in [2.05, 4.69) is 4.98 Å². The fourth-order valence-electron chi connectivity index (χ4n) is 2.88. The molecule has 0 spiro atoms. The minimum atomic E-state index is -1.19. The van der Waals surface area contributed by atoms with Gasteiger partial charge in [-0.2, -0.15) is 0 Å². The van der Waals surface area contributed by atoms with E-state index in [1.807, 2.05) is 0 Å². The van der Waals surface area contributed by atoms with Gasteiger partial charge < -0.3 is 5.11 Å². The van der Waals surface area contributed by atoms with Crippen molar-refractivity contribution in [3.8, 4) is 0 Å². The highest BCUT2D eigenvalue weighted by atomic mass is 19.1. The summed E-state index contributed by atoms with van der Waals surface area (Å²) in [6.45, 7) is 0. The Morgan fingerprint density at radius 1 is 1.20 bits per heavy atom. The van der Waals surface area contributed by atoms with Gasteiger partial charge in [-0.25, -0.2) is 18.6 Å². The van der Waals surface area contributed by atoms with Gasteiger partial charge in [0, 0.05) is 23.1 Å². The molecule has 1 aliphatic carbocycles. The third-order valence-electron chi connectivity index (χ3n) is 3.86. The number of halogens is 2. The molecule has 0 atom stereocenters. The molecule has 20 heavy (non-hydrogen) atoms. The first-order chi connectivity index (χ1) is 9.56. The van der Waals surface area contributed by atoms with Crippen LogP contribution in [-0.4, -0.2) is 16.1 Å². The Morgan fingerprint density at radius 3 is 2.55 bits per heavy atom. The predicted molar refractivity (Wildman–Crippen MR) is 69.8 cm³/mol. The van der Waals surface area contributed by atoms with Gasteiger partial charge in [-0.3, -0.25) is 0 Å². The van der Waals surface area contributed by atoms with Crippen molar-refractivity contribution in [3.05, 3.63) is 41.1 Å². The Bertz CT molecular complexity index is 694. The topological polar surface area (TPSA) is 50.2 Å². The van der Waals surface area contributed by atoms with Crippen LogP contribution >= 0.6 is 0 Å². The van der Waals surface area contributed by atoms with Crippen LogP contribution in [0.25, 0.3) is 10.9 Å². The molecule has 1 heterocycles. The van der Waals surface area contributed by atoms with E-state index < -0.39 is 17.6 Å². The standard InChI is InChI=1S/C15H13F2NO2/c16-9-5-10-11(15(19)20)7-13(8-3-1-2-4-8)18-14(10)12(17)6-9/h5-8H,1-4H2,(H,19,20). The molecule has 1 aromatic carbocycles. The molecule has 2 aromatic rings. The van der Waals surface area contributed by atoms with Crippen LogP contribution in [0.3, 0.4) is 0 Å². The number of aromatic carboxylic acids is 1. The van der Waals surface area contributed by atoms with Crippen molar-refractivity contribution < 1.29 is 18.7 Å². The second-order valence-corrected chi connectivity index (χ2v) is 5.16. The number of benzene rings is 1. The summed E-state index contributed by atoms with van der Waals surface area (Å²) in [6.07, 6.45) is 4.00. The molecule has 0 aliphatic heterocycles. The fraction of sp³-hybridized carbons (Fsp3) is 0.333. The van der Waals surface area contributed by atoms with E-state index in [-0.39, 0.29) is 22.4 Å². The molecule has 0 radical (unpaired) electrons. The van der Waals surface area contributed by atoms with Crippen molar-refractivity contribution in [2.45, 2.75) is 31.6 Å². The quantitative estimate of drug-likeness (QED) is 0.906. The van der Waals surface area contributed by atoms with Crippen LogP contribution in [0.5, 0.6) is 0 Å². The van der Waals surface area contributed by atoms with Gasteiger partial charge in [-0.1, -0.05) is 12.8 Å². The molecule has 1 saturated carbocycles. The second kappa shape index (κ2) is 4.81. The molecule has 0 amide bonds. The lowest BCUT2D eigenvalue weighted by atomic mass is 9.99. The summed E-state index contributed by atoms with van der Waals surface area (Å²) < 4.78 is 27.1. The van der Waals surface area contributed by atoms with Gasteiger partial charge in [0.1, 0.15) is 11.3 Å². The number of rotatable bonds is 2. The van der Waals surface area contributed by atoms with E-state index in [9.17, 15) is 18.7 Å². The van der Waals surface area contributed by atoms with E-state index >= 15 is 0 Å². The molecule has 0 saturated heterocycles. The highest BCUT2D eigenvalue weighted by Gasteiger charge is 2.22. The number of fused-ring (bicyclic) bond motifs is 1. The third-order valence-corrected chi connectivity index (χ3v) is 3.86. The summed E-state index contributed by atoms with van der Waals surface area (Å²) >= 11 is 0. The van der Waals surface area contributed by atoms with Crippen LogP contribution in [0.1, 0.15) is 47.7 Å². The first kappa shape index (κ1) is 13.0. The minimum Gasteiger partial charge on any atom is -0.478 e. The van der Waals surface area contributed by atoms with Crippen molar-refractivity contribution in [1.29, 1.82) is 0 Å². The summed E-state index contributed by atoms with van der Waals surface area (Å²) in [7, 11) is 0. The SMILES string of the molecule is O=C(O)c1cc(C2CCCC2)nc2c(F)cc(F)cc12. The number of carbonyl (C=O) groups is 1. The van der Waals surface area contributed by atoms with Crippen molar-refractivity contribution in [2.24, 2.45) is 0 Å². The summed E-state index contributed by atoms with van der Waals surface area (Å²) in [6, 6.07) is 3.21. The predicted octanol–water partition coefficient (Wildman–Crippen LogP) is 3.87. The zero-order chi connectivity index (χ0) is 14.3. The van der Waals surface area contributed by atoms with E-state index in [1.54, 1.807) is 0 Å². The molecule has 1 aromatic heterocycles. The zero-order valence-corrected chi connectivity index (χ0v) is 10.7. The van der Waals surface area contributed by atoms with Crippen LogP contribution in [0.15, 0.2) is 18.2 Å². The van der Waals surface area contributed by atoms with Gasteiger partial charge in [0.15, 0.2) is 5.82 Å². The molecule has 0 unspecified atom stereocenters.